The lowest BCUT2D eigenvalue weighted by atomic mass is 10.1. The normalized spacial score (nSPS) is 10.4. The Morgan fingerprint density at radius 1 is 1.00 bits per heavy atom. The average Bonchev–Trinajstić information content (AvgIpc) is 3.15. The van der Waals surface area contributed by atoms with E-state index in [0.29, 0.717) is 11.3 Å². The van der Waals surface area contributed by atoms with Crippen LogP contribution >= 0.6 is 11.3 Å². The summed E-state index contributed by atoms with van der Waals surface area (Å²) in [6, 6.07) is 12.7. The number of hydrogen-bond donors (Lipinski definition) is 1. The zero-order chi connectivity index (χ0) is 17.6. The predicted octanol–water partition coefficient (Wildman–Crippen LogP) is 4.55. The van der Waals surface area contributed by atoms with Crippen LogP contribution in [0.5, 0.6) is 0 Å². The van der Waals surface area contributed by atoms with Crippen molar-refractivity contribution < 1.29 is 14.0 Å². The van der Waals surface area contributed by atoms with Crippen LogP contribution in [0.2, 0.25) is 0 Å². The van der Waals surface area contributed by atoms with Crippen molar-refractivity contribution in [3.05, 3.63) is 71.5 Å². The first-order valence-electron chi connectivity index (χ1n) is 7.70. The van der Waals surface area contributed by atoms with E-state index in [1.54, 1.807) is 29.7 Å². The van der Waals surface area contributed by atoms with Crippen LogP contribution in [0.15, 0.2) is 60.1 Å². The minimum Gasteiger partial charge on any atom is -0.326 e. The molecular formula is C19H15FN2O2S. The average molecular weight is 354 g/mol. The molecule has 0 aliphatic rings. The molecule has 1 amide bonds. The first-order valence-corrected chi connectivity index (χ1v) is 8.58. The van der Waals surface area contributed by atoms with Gasteiger partial charge >= 0.3 is 0 Å². The summed E-state index contributed by atoms with van der Waals surface area (Å²) in [7, 11) is 0. The molecule has 1 heterocycles. The molecule has 0 fully saturated rings. The smallest absolute Gasteiger partial charge is 0.224 e. The number of ketones is 1. The molecule has 1 N–H and O–H groups in total. The second kappa shape index (κ2) is 7.81. The number of thiazole rings is 1. The van der Waals surface area contributed by atoms with Gasteiger partial charge in [0.25, 0.3) is 0 Å². The Balaban J connectivity index is 1.52. The first kappa shape index (κ1) is 17.0. The SMILES string of the molecule is O=C(CCC(=O)c1ccc(F)cc1)Nc1ccc(-c2nccs2)cc1. The largest absolute Gasteiger partial charge is 0.326 e. The van der Waals surface area contributed by atoms with E-state index < -0.39 is 5.82 Å². The molecule has 0 saturated heterocycles. The van der Waals surface area contributed by atoms with Crippen LogP contribution < -0.4 is 5.32 Å². The van der Waals surface area contributed by atoms with E-state index in [0.717, 1.165) is 10.6 Å². The Labute approximate surface area is 148 Å². The van der Waals surface area contributed by atoms with Crippen LogP contribution in [0.4, 0.5) is 10.1 Å². The molecule has 4 nitrogen and oxygen atoms in total. The lowest BCUT2D eigenvalue weighted by molar-refractivity contribution is -0.116. The molecule has 0 radical (unpaired) electrons. The minimum atomic E-state index is -0.393. The summed E-state index contributed by atoms with van der Waals surface area (Å²) in [5.41, 5.74) is 2.06. The second-order valence-electron chi connectivity index (χ2n) is 5.39. The highest BCUT2D eigenvalue weighted by Gasteiger charge is 2.10. The molecule has 0 spiro atoms. The summed E-state index contributed by atoms with van der Waals surface area (Å²) in [5, 5.41) is 5.59. The number of benzene rings is 2. The number of rotatable bonds is 6. The fourth-order valence-electron chi connectivity index (χ4n) is 2.29. The number of carbonyl (C=O) groups is 2. The standard InChI is InChI=1S/C19H15FN2O2S/c20-15-5-1-13(2-6-15)17(23)9-10-18(24)22-16-7-3-14(4-8-16)19-21-11-12-25-19/h1-8,11-12H,9-10H2,(H,22,24). The van der Waals surface area contributed by atoms with Gasteiger partial charge in [0.2, 0.25) is 5.91 Å². The van der Waals surface area contributed by atoms with E-state index in [1.807, 2.05) is 17.5 Å². The van der Waals surface area contributed by atoms with Gasteiger partial charge in [0, 0.05) is 41.2 Å². The maximum Gasteiger partial charge on any atom is 0.224 e. The topological polar surface area (TPSA) is 59.1 Å². The summed E-state index contributed by atoms with van der Waals surface area (Å²) in [4.78, 5) is 28.2. The van der Waals surface area contributed by atoms with Crippen LogP contribution in [0, 0.1) is 5.82 Å². The number of amides is 1. The predicted molar refractivity (Wildman–Crippen MR) is 96.1 cm³/mol. The van der Waals surface area contributed by atoms with Crippen LogP contribution in [0.25, 0.3) is 10.6 Å². The highest BCUT2D eigenvalue weighted by Crippen LogP contribution is 2.23. The summed E-state index contributed by atoms with van der Waals surface area (Å²) in [6.07, 6.45) is 1.90. The Morgan fingerprint density at radius 3 is 2.36 bits per heavy atom. The lowest BCUT2D eigenvalue weighted by Crippen LogP contribution is -2.13. The van der Waals surface area contributed by atoms with E-state index in [-0.39, 0.29) is 24.5 Å². The molecule has 0 aliphatic heterocycles. The third-order valence-corrected chi connectivity index (χ3v) is 4.42. The second-order valence-corrected chi connectivity index (χ2v) is 6.29. The van der Waals surface area contributed by atoms with Gasteiger partial charge < -0.3 is 5.32 Å². The highest BCUT2D eigenvalue weighted by molar-refractivity contribution is 7.13. The molecule has 3 aromatic rings. The number of anilines is 1. The van der Waals surface area contributed by atoms with Gasteiger partial charge in [-0.15, -0.1) is 11.3 Å². The molecule has 2 aromatic carbocycles. The number of halogens is 1. The molecule has 0 bridgehead atoms. The monoisotopic (exact) mass is 354 g/mol. The van der Waals surface area contributed by atoms with Crippen LogP contribution in [-0.4, -0.2) is 16.7 Å². The summed E-state index contributed by atoms with van der Waals surface area (Å²) in [5.74, 6) is -0.817. The molecule has 0 unspecified atom stereocenters. The lowest BCUT2D eigenvalue weighted by Gasteiger charge is -2.06. The Bertz CT molecular complexity index is 859. The van der Waals surface area contributed by atoms with E-state index in [9.17, 15) is 14.0 Å². The maximum atomic E-state index is 12.8. The minimum absolute atomic E-state index is 0.0739. The van der Waals surface area contributed by atoms with Crippen LogP contribution in [-0.2, 0) is 4.79 Å². The highest BCUT2D eigenvalue weighted by atomic mass is 32.1. The van der Waals surface area contributed by atoms with Crippen LogP contribution in [0.1, 0.15) is 23.2 Å². The first-order chi connectivity index (χ1) is 12.1. The molecular weight excluding hydrogens is 339 g/mol. The number of carbonyl (C=O) groups excluding carboxylic acids is 2. The molecule has 25 heavy (non-hydrogen) atoms. The molecule has 0 aliphatic carbocycles. The zero-order valence-corrected chi connectivity index (χ0v) is 14.1. The van der Waals surface area contributed by atoms with E-state index in [1.165, 1.54) is 24.3 Å². The Hall–Kier alpha value is -2.86. The fourth-order valence-corrected chi connectivity index (χ4v) is 2.94. The van der Waals surface area contributed by atoms with Crippen molar-refractivity contribution in [2.24, 2.45) is 0 Å². The van der Waals surface area contributed by atoms with Gasteiger partial charge in [0.05, 0.1) is 0 Å². The quantitative estimate of drug-likeness (QED) is 0.661. The van der Waals surface area contributed by atoms with Crippen molar-refractivity contribution in [3.8, 4) is 10.6 Å². The Kier molecular flexibility index (Phi) is 5.30. The van der Waals surface area contributed by atoms with Crippen molar-refractivity contribution >= 4 is 28.7 Å². The number of aromatic nitrogens is 1. The van der Waals surface area contributed by atoms with Gasteiger partial charge in [-0.05, 0) is 48.5 Å². The molecule has 0 atom stereocenters. The number of nitrogens with one attached hydrogen (secondary N) is 1. The van der Waals surface area contributed by atoms with Gasteiger partial charge in [0.15, 0.2) is 5.78 Å². The van der Waals surface area contributed by atoms with Gasteiger partial charge in [-0.25, -0.2) is 9.37 Å². The van der Waals surface area contributed by atoms with Gasteiger partial charge in [-0.2, -0.15) is 0 Å². The summed E-state index contributed by atoms with van der Waals surface area (Å²) in [6.45, 7) is 0. The Morgan fingerprint density at radius 2 is 1.72 bits per heavy atom. The maximum absolute atomic E-state index is 12.8. The number of nitrogens with zero attached hydrogens (tertiary/aromatic N) is 1. The number of Topliss-reactive ketones (excluding diaryl/α,β-unsaturated/α-hetero) is 1. The van der Waals surface area contributed by atoms with Gasteiger partial charge in [-0.3, -0.25) is 9.59 Å². The molecule has 126 valence electrons. The summed E-state index contributed by atoms with van der Waals surface area (Å²) >= 11 is 1.55. The third-order valence-electron chi connectivity index (χ3n) is 3.59. The van der Waals surface area contributed by atoms with Crippen molar-refractivity contribution in [1.82, 2.24) is 4.98 Å². The van der Waals surface area contributed by atoms with Crippen molar-refractivity contribution in [1.29, 1.82) is 0 Å². The van der Waals surface area contributed by atoms with Gasteiger partial charge in [0.1, 0.15) is 10.8 Å². The van der Waals surface area contributed by atoms with Crippen LogP contribution in [0.3, 0.4) is 0 Å². The van der Waals surface area contributed by atoms with Crippen molar-refractivity contribution in [3.63, 3.8) is 0 Å². The third kappa shape index (κ3) is 4.58. The fraction of sp³-hybridized carbons (Fsp3) is 0.105. The van der Waals surface area contributed by atoms with E-state index in [2.05, 4.69) is 10.3 Å². The zero-order valence-electron chi connectivity index (χ0n) is 13.2. The molecule has 1 aromatic heterocycles. The number of hydrogen-bond acceptors (Lipinski definition) is 4. The van der Waals surface area contributed by atoms with Crippen molar-refractivity contribution in [2.75, 3.05) is 5.32 Å². The summed E-state index contributed by atoms with van der Waals surface area (Å²) < 4.78 is 12.8. The molecule has 0 saturated carbocycles. The van der Waals surface area contributed by atoms with E-state index in [4.69, 9.17) is 0 Å². The van der Waals surface area contributed by atoms with Crippen molar-refractivity contribution in [2.45, 2.75) is 12.8 Å². The van der Waals surface area contributed by atoms with E-state index >= 15 is 0 Å². The van der Waals surface area contributed by atoms with Gasteiger partial charge in [-0.1, -0.05) is 0 Å². The molecule has 3 rings (SSSR count). The molecule has 6 heteroatoms.